The van der Waals surface area contributed by atoms with Gasteiger partial charge in [0, 0.05) is 26.3 Å². The van der Waals surface area contributed by atoms with Crippen LogP contribution >= 0.6 is 0 Å². The normalized spacial score (nSPS) is 17.2. The lowest BCUT2D eigenvalue weighted by Gasteiger charge is -2.34. The molecule has 5 nitrogen and oxygen atoms in total. The first-order chi connectivity index (χ1) is 10.3. The van der Waals surface area contributed by atoms with Crippen molar-refractivity contribution < 1.29 is 14.3 Å². The van der Waals surface area contributed by atoms with E-state index in [1.807, 2.05) is 30.3 Å². The lowest BCUT2D eigenvalue weighted by molar-refractivity contribution is -0.135. The van der Waals surface area contributed by atoms with Crippen molar-refractivity contribution in [2.75, 3.05) is 32.9 Å². The Labute approximate surface area is 125 Å². The first kappa shape index (κ1) is 15.8. The summed E-state index contributed by atoms with van der Waals surface area (Å²) in [7, 11) is 0. The molecule has 1 saturated heterocycles. The zero-order chi connectivity index (χ0) is 15.0. The van der Waals surface area contributed by atoms with Crippen LogP contribution in [0.3, 0.4) is 0 Å². The minimum Gasteiger partial charge on any atom is -0.494 e. The largest absolute Gasteiger partial charge is 0.494 e. The van der Waals surface area contributed by atoms with Crippen molar-refractivity contribution in [2.24, 2.45) is 11.1 Å². The molecule has 0 saturated carbocycles. The van der Waals surface area contributed by atoms with Crippen LogP contribution in [0.1, 0.15) is 19.3 Å². The molecule has 116 valence electrons. The van der Waals surface area contributed by atoms with E-state index in [0.717, 1.165) is 12.2 Å². The Hall–Kier alpha value is -1.59. The minimum absolute atomic E-state index is 0.0491. The molecule has 0 unspecified atom stereocenters. The maximum Gasteiger partial charge on any atom is 0.227 e. The van der Waals surface area contributed by atoms with E-state index in [2.05, 4.69) is 5.32 Å². The predicted octanol–water partition coefficient (Wildman–Crippen LogP) is 1.33. The topological polar surface area (TPSA) is 73.6 Å². The highest BCUT2D eigenvalue weighted by Crippen LogP contribution is 2.29. The summed E-state index contributed by atoms with van der Waals surface area (Å²) in [5.41, 5.74) is 5.36. The van der Waals surface area contributed by atoms with Crippen LogP contribution < -0.4 is 15.8 Å². The van der Waals surface area contributed by atoms with E-state index in [0.29, 0.717) is 45.8 Å². The fourth-order valence-electron chi connectivity index (χ4n) is 2.45. The second kappa shape index (κ2) is 8.00. The summed E-state index contributed by atoms with van der Waals surface area (Å²) < 4.78 is 10.9. The molecule has 1 heterocycles. The third kappa shape index (κ3) is 4.44. The lowest BCUT2D eigenvalue weighted by Crippen LogP contribution is -2.49. The van der Waals surface area contributed by atoms with E-state index in [-0.39, 0.29) is 5.91 Å². The Morgan fingerprint density at radius 1 is 1.29 bits per heavy atom. The van der Waals surface area contributed by atoms with Gasteiger partial charge in [-0.15, -0.1) is 0 Å². The van der Waals surface area contributed by atoms with Crippen molar-refractivity contribution in [3.05, 3.63) is 30.3 Å². The van der Waals surface area contributed by atoms with E-state index in [1.54, 1.807) is 0 Å². The first-order valence-electron chi connectivity index (χ1n) is 7.51. The van der Waals surface area contributed by atoms with Gasteiger partial charge in [-0.2, -0.15) is 0 Å². The second-order valence-electron chi connectivity index (χ2n) is 5.37. The predicted molar refractivity (Wildman–Crippen MR) is 81.1 cm³/mol. The summed E-state index contributed by atoms with van der Waals surface area (Å²) in [5.74, 6) is 0.902. The van der Waals surface area contributed by atoms with Gasteiger partial charge < -0.3 is 20.5 Å². The molecule has 1 aromatic rings. The summed E-state index contributed by atoms with van der Waals surface area (Å²) >= 11 is 0. The molecule has 0 aliphatic carbocycles. The molecule has 0 aromatic heterocycles. The quantitative estimate of drug-likeness (QED) is 0.744. The number of rotatable bonds is 7. The van der Waals surface area contributed by atoms with Crippen LogP contribution in [0, 0.1) is 5.41 Å². The van der Waals surface area contributed by atoms with Gasteiger partial charge in [0.1, 0.15) is 5.75 Å². The summed E-state index contributed by atoms with van der Waals surface area (Å²) in [6.07, 6.45) is 2.18. The third-order valence-corrected chi connectivity index (χ3v) is 3.94. The third-order valence-electron chi connectivity index (χ3n) is 3.94. The Morgan fingerprint density at radius 2 is 2.00 bits per heavy atom. The molecule has 0 spiro atoms. The van der Waals surface area contributed by atoms with Gasteiger partial charge in [0.15, 0.2) is 0 Å². The standard InChI is InChI=1S/C16H24N2O3/c17-13-16(7-11-20-12-8-16)15(19)18-9-4-10-21-14-5-2-1-3-6-14/h1-3,5-6H,4,7-13,17H2,(H,18,19). The number of nitrogens with one attached hydrogen (secondary N) is 1. The van der Waals surface area contributed by atoms with Gasteiger partial charge in [-0.25, -0.2) is 0 Å². The molecule has 0 bridgehead atoms. The average Bonchev–Trinajstić information content (AvgIpc) is 2.56. The van der Waals surface area contributed by atoms with Crippen molar-refractivity contribution in [1.29, 1.82) is 0 Å². The van der Waals surface area contributed by atoms with Gasteiger partial charge in [-0.1, -0.05) is 18.2 Å². The summed E-state index contributed by atoms with van der Waals surface area (Å²) in [6, 6.07) is 9.67. The Balaban J connectivity index is 1.67. The highest BCUT2D eigenvalue weighted by atomic mass is 16.5. The van der Waals surface area contributed by atoms with Crippen molar-refractivity contribution in [3.8, 4) is 5.75 Å². The highest BCUT2D eigenvalue weighted by Gasteiger charge is 2.38. The Kier molecular flexibility index (Phi) is 6.02. The van der Waals surface area contributed by atoms with Crippen molar-refractivity contribution in [3.63, 3.8) is 0 Å². The number of carbonyl (C=O) groups excluding carboxylic acids is 1. The average molecular weight is 292 g/mol. The van der Waals surface area contributed by atoms with E-state index in [9.17, 15) is 4.79 Å². The lowest BCUT2D eigenvalue weighted by atomic mass is 9.79. The van der Waals surface area contributed by atoms with Crippen LogP contribution in [-0.4, -0.2) is 38.8 Å². The number of benzene rings is 1. The molecular formula is C16H24N2O3. The zero-order valence-corrected chi connectivity index (χ0v) is 12.3. The molecule has 2 rings (SSSR count). The second-order valence-corrected chi connectivity index (χ2v) is 5.37. The minimum atomic E-state index is -0.446. The van der Waals surface area contributed by atoms with Gasteiger partial charge in [-0.05, 0) is 31.4 Å². The fourth-order valence-corrected chi connectivity index (χ4v) is 2.45. The number of amides is 1. The molecule has 1 aromatic carbocycles. The van der Waals surface area contributed by atoms with Gasteiger partial charge in [-0.3, -0.25) is 4.79 Å². The van der Waals surface area contributed by atoms with Crippen LogP contribution in [-0.2, 0) is 9.53 Å². The van der Waals surface area contributed by atoms with E-state index in [4.69, 9.17) is 15.2 Å². The van der Waals surface area contributed by atoms with E-state index in [1.165, 1.54) is 0 Å². The number of nitrogens with two attached hydrogens (primary N) is 1. The molecule has 0 atom stereocenters. The molecule has 0 radical (unpaired) electrons. The smallest absolute Gasteiger partial charge is 0.227 e. The van der Waals surface area contributed by atoms with E-state index < -0.39 is 5.41 Å². The van der Waals surface area contributed by atoms with Crippen molar-refractivity contribution >= 4 is 5.91 Å². The van der Waals surface area contributed by atoms with Crippen molar-refractivity contribution in [2.45, 2.75) is 19.3 Å². The fraction of sp³-hybridized carbons (Fsp3) is 0.562. The molecule has 21 heavy (non-hydrogen) atoms. The number of carbonyl (C=O) groups is 1. The first-order valence-corrected chi connectivity index (χ1v) is 7.51. The van der Waals surface area contributed by atoms with Crippen LogP contribution in [0.4, 0.5) is 0 Å². The molecule has 5 heteroatoms. The van der Waals surface area contributed by atoms with Gasteiger partial charge in [0.25, 0.3) is 0 Å². The SMILES string of the molecule is NCC1(C(=O)NCCCOc2ccccc2)CCOCC1. The van der Waals surface area contributed by atoms with Gasteiger partial charge in [0.2, 0.25) is 5.91 Å². The van der Waals surface area contributed by atoms with Crippen molar-refractivity contribution in [1.82, 2.24) is 5.32 Å². The Morgan fingerprint density at radius 3 is 2.67 bits per heavy atom. The zero-order valence-electron chi connectivity index (χ0n) is 12.3. The van der Waals surface area contributed by atoms with Gasteiger partial charge in [0.05, 0.1) is 12.0 Å². The van der Waals surface area contributed by atoms with Crippen LogP contribution in [0.15, 0.2) is 30.3 Å². The molecule has 1 aliphatic rings. The maximum absolute atomic E-state index is 12.3. The molecule has 1 amide bonds. The number of para-hydroxylation sites is 1. The van der Waals surface area contributed by atoms with Crippen LogP contribution in [0.2, 0.25) is 0 Å². The molecule has 3 N–H and O–H groups in total. The number of hydrogen-bond acceptors (Lipinski definition) is 4. The molecular weight excluding hydrogens is 268 g/mol. The number of ether oxygens (including phenoxy) is 2. The highest BCUT2D eigenvalue weighted by molar-refractivity contribution is 5.83. The summed E-state index contributed by atoms with van der Waals surface area (Å²) in [4.78, 5) is 12.3. The molecule has 1 fully saturated rings. The molecule has 1 aliphatic heterocycles. The summed E-state index contributed by atoms with van der Waals surface area (Å²) in [5, 5.41) is 2.98. The van der Waals surface area contributed by atoms with Crippen LogP contribution in [0.25, 0.3) is 0 Å². The van der Waals surface area contributed by atoms with Gasteiger partial charge >= 0.3 is 0 Å². The van der Waals surface area contributed by atoms with E-state index >= 15 is 0 Å². The number of hydrogen-bond donors (Lipinski definition) is 2. The van der Waals surface area contributed by atoms with Crippen LogP contribution in [0.5, 0.6) is 5.75 Å². The Bertz CT molecular complexity index is 430. The maximum atomic E-state index is 12.3. The summed E-state index contributed by atoms with van der Waals surface area (Å²) in [6.45, 7) is 2.80. The monoisotopic (exact) mass is 292 g/mol.